The third-order valence-corrected chi connectivity index (χ3v) is 2.46. The predicted octanol–water partition coefficient (Wildman–Crippen LogP) is 3.47. The van der Waals surface area contributed by atoms with Crippen LogP contribution in [0, 0.1) is 10.1 Å². The van der Waals surface area contributed by atoms with Gasteiger partial charge in [-0.05, 0) is 18.1 Å². The maximum atomic E-state index is 10.7. The highest BCUT2D eigenvalue weighted by Gasteiger charge is 2.13. The van der Waals surface area contributed by atoms with Gasteiger partial charge < -0.3 is 5.73 Å². The van der Waals surface area contributed by atoms with Crippen molar-refractivity contribution in [3.8, 4) is 0 Å². The van der Waals surface area contributed by atoms with Gasteiger partial charge in [-0.15, -0.1) is 11.6 Å². The molecule has 0 amide bonds. The fraction of sp³-hybridized carbons (Fsp3) is 0.200. The van der Waals surface area contributed by atoms with Crippen molar-refractivity contribution in [2.75, 3.05) is 11.6 Å². The van der Waals surface area contributed by atoms with Crippen molar-refractivity contribution in [3.63, 3.8) is 0 Å². The zero-order chi connectivity index (χ0) is 12.1. The van der Waals surface area contributed by atoms with Crippen molar-refractivity contribution < 1.29 is 4.92 Å². The minimum Gasteiger partial charge on any atom is -0.393 e. The average molecular weight is 261 g/mol. The molecule has 0 aromatic heterocycles. The minimum absolute atomic E-state index is 0.0597. The van der Waals surface area contributed by atoms with Gasteiger partial charge in [0.25, 0.3) is 5.69 Å². The fourth-order valence-corrected chi connectivity index (χ4v) is 1.51. The molecule has 6 heteroatoms. The van der Waals surface area contributed by atoms with E-state index in [0.29, 0.717) is 22.9 Å². The molecule has 0 fully saturated rings. The van der Waals surface area contributed by atoms with Crippen LogP contribution in [0.4, 0.5) is 11.4 Å². The Bertz CT molecular complexity index is 433. The van der Waals surface area contributed by atoms with Crippen LogP contribution < -0.4 is 5.73 Å². The van der Waals surface area contributed by atoms with Gasteiger partial charge in [0.1, 0.15) is 5.69 Å². The second-order valence-electron chi connectivity index (χ2n) is 3.07. The number of allylic oxidation sites excluding steroid dienone is 1. The molecule has 1 aromatic rings. The number of benzene rings is 1. The Morgan fingerprint density at radius 1 is 1.50 bits per heavy atom. The molecule has 0 bridgehead atoms. The quantitative estimate of drug-likeness (QED) is 0.390. The van der Waals surface area contributed by atoms with E-state index in [1.165, 1.54) is 12.1 Å². The Balaban J connectivity index is 3.09. The predicted molar refractivity (Wildman–Crippen MR) is 66.9 cm³/mol. The first kappa shape index (κ1) is 12.8. The molecule has 2 N–H and O–H groups in total. The summed E-state index contributed by atoms with van der Waals surface area (Å²) in [6.07, 6.45) is 4.17. The van der Waals surface area contributed by atoms with E-state index < -0.39 is 4.92 Å². The number of nitro groups is 1. The first-order valence-electron chi connectivity index (χ1n) is 4.52. The number of nitrogen functional groups attached to an aromatic ring is 1. The van der Waals surface area contributed by atoms with Crippen LogP contribution >= 0.6 is 23.2 Å². The van der Waals surface area contributed by atoms with E-state index in [1.807, 2.05) is 0 Å². The first-order chi connectivity index (χ1) is 7.56. The summed E-state index contributed by atoms with van der Waals surface area (Å²) in [4.78, 5) is 10.1. The van der Waals surface area contributed by atoms with Crippen molar-refractivity contribution in [3.05, 3.63) is 38.9 Å². The molecule has 4 nitrogen and oxygen atoms in total. The highest BCUT2D eigenvalue weighted by molar-refractivity contribution is 6.32. The Morgan fingerprint density at radius 3 is 2.75 bits per heavy atom. The van der Waals surface area contributed by atoms with E-state index in [0.717, 1.165) is 0 Å². The first-order valence-corrected chi connectivity index (χ1v) is 5.43. The topological polar surface area (TPSA) is 69.2 Å². The number of alkyl halides is 1. The number of nitro benzene ring substituents is 1. The lowest BCUT2D eigenvalue weighted by atomic mass is 10.1. The number of halogens is 2. The molecule has 86 valence electrons. The summed E-state index contributed by atoms with van der Waals surface area (Å²) < 4.78 is 0. The summed E-state index contributed by atoms with van der Waals surface area (Å²) in [5.74, 6) is 0.491. The van der Waals surface area contributed by atoms with Gasteiger partial charge in [0.2, 0.25) is 0 Å². The molecule has 1 aromatic carbocycles. The number of hydrogen-bond acceptors (Lipinski definition) is 3. The van der Waals surface area contributed by atoms with Crippen molar-refractivity contribution in [2.24, 2.45) is 0 Å². The van der Waals surface area contributed by atoms with Crippen LogP contribution in [0.3, 0.4) is 0 Å². The van der Waals surface area contributed by atoms with Gasteiger partial charge in [0, 0.05) is 11.9 Å². The van der Waals surface area contributed by atoms with E-state index in [4.69, 9.17) is 28.9 Å². The van der Waals surface area contributed by atoms with Crippen LogP contribution in [0.1, 0.15) is 12.0 Å². The maximum Gasteiger partial charge on any atom is 0.292 e. The van der Waals surface area contributed by atoms with Gasteiger partial charge in [0.15, 0.2) is 0 Å². The fourth-order valence-electron chi connectivity index (χ4n) is 1.15. The van der Waals surface area contributed by atoms with Gasteiger partial charge in [-0.1, -0.05) is 23.8 Å². The molecule has 1 rings (SSSR count). The number of rotatable bonds is 4. The van der Waals surface area contributed by atoms with Crippen molar-refractivity contribution in [1.29, 1.82) is 0 Å². The summed E-state index contributed by atoms with van der Waals surface area (Å²) in [6.45, 7) is 0. The van der Waals surface area contributed by atoms with E-state index >= 15 is 0 Å². The van der Waals surface area contributed by atoms with E-state index in [9.17, 15) is 10.1 Å². The molecule has 16 heavy (non-hydrogen) atoms. The molecular formula is C10H10Cl2N2O2. The second-order valence-corrected chi connectivity index (χ2v) is 3.85. The monoisotopic (exact) mass is 260 g/mol. The number of nitrogens with zero attached hydrogens (tertiary/aromatic N) is 1. The number of nitrogens with two attached hydrogens (primary N) is 1. The van der Waals surface area contributed by atoms with Crippen LogP contribution in [-0.2, 0) is 0 Å². The lowest BCUT2D eigenvalue weighted by Crippen LogP contribution is -1.96. The van der Waals surface area contributed by atoms with Crippen LogP contribution in [0.15, 0.2) is 18.2 Å². The molecule has 0 unspecified atom stereocenters. The number of anilines is 1. The third-order valence-electron chi connectivity index (χ3n) is 1.92. The van der Waals surface area contributed by atoms with E-state index in [-0.39, 0.29) is 11.4 Å². The molecule has 0 aliphatic rings. The van der Waals surface area contributed by atoms with Crippen molar-refractivity contribution in [2.45, 2.75) is 6.42 Å². The Labute approximate surface area is 103 Å². The van der Waals surface area contributed by atoms with Crippen LogP contribution in [-0.4, -0.2) is 10.8 Å². The van der Waals surface area contributed by atoms with Gasteiger partial charge >= 0.3 is 0 Å². The highest BCUT2D eigenvalue weighted by atomic mass is 35.5. The van der Waals surface area contributed by atoms with Crippen LogP contribution in [0.25, 0.3) is 6.08 Å². The third kappa shape index (κ3) is 3.12. The van der Waals surface area contributed by atoms with Crippen LogP contribution in [0.2, 0.25) is 5.02 Å². The average Bonchev–Trinajstić information content (AvgIpc) is 2.21. The molecule has 0 aliphatic carbocycles. The van der Waals surface area contributed by atoms with Gasteiger partial charge in [0.05, 0.1) is 9.95 Å². The summed E-state index contributed by atoms with van der Waals surface area (Å²) in [7, 11) is 0. The summed E-state index contributed by atoms with van der Waals surface area (Å²) in [5.41, 5.74) is 5.95. The molecule has 0 heterocycles. The summed E-state index contributed by atoms with van der Waals surface area (Å²) in [5, 5.41) is 11.0. The minimum atomic E-state index is -0.537. The number of hydrogen-bond donors (Lipinski definition) is 1. The molecule has 0 saturated heterocycles. The Morgan fingerprint density at radius 2 is 2.19 bits per heavy atom. The SMILES string of the molecule is Nc1cc(Cl)c(C=CCCCl)cc1[N+](=O)[O-]. The lowest BCUT2D eigenvalue weighted by molar-refractivity contribution is -0.383. The van der Waals surface area contributed by atoms with Gasteiger partial charge in [-0.25, -0.2) is 0 Å². The van der Waals surface area contributed by atoms with E-state index in [2.05, 4.69) is 0 Å². The van der Waals surface area contributed by atoms with Crippen LogP contribution in [0.5, 0.6) is 0 Å². The molecule has 0 spiro atoms. The maximum absolute atomic E-state index is 10.7. The zero-order valence-electron chi connectivity index (χ0n) is 8.32. The molecule has 0 atom stereocenters. The van der Waals surface area contributed by atoms with Crippen molar-refractivity contribution >= 4 is 40.7 Å². The molecular weight excluding hydrogens is 251 g/mol. The summed E-state index contributed by atoms with van der Waals surface area (Å²) >= 11 is 11.4. The molecule has 0 aliphatic heterocycles. The largest absolute Gasteiger partial charge is 0.393 e. The Kier molecular flexibility index (Phi) is 4.58. The Hall–Kier alpha value is -1.26. The normalized spacial score (nSPS) is 10.9. The van der Waals surface area contributed by atoms with Crippen molar-refractivity contribution in [1.82, 2.24) is 0 Å². The standard InChI is InChI=1S/C10H10Cl2N2O2/c11-4-2-1-3-7-5-10(14(15)16)9(13)6-8(7)12/h1,3,5-6H,2,4,13H2. The zero-order valence-corrected chi connectivity index (χ0v) is 9.83. The lowest BCUT2D eigenvalue weighted by Gasteiger charge is -2.01. The van der Waals surface area contributed by atoms with Gasteiger partial charge in [-0.2, -0.15) is 0 Å². The smallest absolute Gasteiger partial charge is 0.292 e. The van der Waals surface area contributed by atoms with Gasteiger partial charge in [-0.3, -0.25) is 10.1 Å². The second kappa shape index (κ2) is 5.72. The molecule has 0 radical (unpaired) electrons. The summed E-state index contributed by atoms with van der Waals surface area (Å²) in [6, 6.07) is 2.72. The highest BCUT2D eigenvalue weighted by Crippen LogP contribution is 2.29. The van der Waals surface area contributed by atoms with E-state index in [1.54, 1.807) is 12.2 Å². The molecule has 0 saturated carbocycles.